The van der Waals surface area contributed by atoms with Crippen LogP contribution in [0.3, 0.4) is 0 Å². The molecule has 142 valence electrons. The summed E-state index contributed by atoms with van der Waals surface area (Å²) in [5.74, 6) is -0.180. The fourth-order valence-electron chi connectivity index (χ4n) is 3.12. The van der Waals surface area contributed by atoms with E-state index in [-0.39, 0.29) is 18.4 Å². The zero-order valence-electron chi connectivity index (χ0n) is 15.0. The van der Waals surface area contributed by atoms with Crippen LogP contribution in [0.2, 0.25) is 0 Å². The van der Waals surface area contributed by atoms with Gasteiger partial charge in [-0.25, -0.2) is 4.79 Å². The Morgan fingerprint density at radius 2 is 1.92 bits per heavy atom. The maximum atomic E-state index is 12.4. The smallest absolute Gasteiger partial charge is 0.409 e. The lowest BCUT2D eigenvalue weighted by molar-refractivity contribution is -0.126. The first-order valence-electron chi connectivity index (χ1n) is 9.16. The highest BCUT2D eigenvalue weighted by atomic mass is 16.5. The number of amides is 2. The lowest BCUT2D eigenvalue weighted by Crippen LogP contribution is -2.56. The van der Waals surface area contributed by atoms with Crippen LogP contribution in [0.5, 0.6) is 0 Å². The number of carbonyl (C=O) groups excluding carboxylic acids is 2. The number of rotatable bonds is 9. The number of aliphatic hydroxyl groups excluding tert-OH is 1. The molecule has 1 unspecified atom stereocenters. The van der Waals surface area contributed by atoms with Crippen molar-refractivity contribution in [1.29, 1.82) is 0 Å². The number of alkyl carbamates (subject to hydrolysis) is 1. The molecule has 0 radical (unpaired) electrons. The molecule has 1 fully saturated rings. The van der Waals surface area contributed by atoms with Crippen LogP contribution < -0.4 is 10.6 Å². The molecule has 0 heterocycles. The van der Waals surface area contributed by atoms with E-state index in [0.29, 0.717) is 12.8 Å². The third-order valence-corrected chi connectivity index (χ3v) is 4.59. The van der Waals surface area contributed by atoms with Gasteiger partial charge in [-0.1, -0.05) is 55.8 Å². The Kier molecular flexibility index (Phi) is 8.15. The van der Waals surface area contributed by atoms with E-state index in [1.807, 2.05) is 30.3 Å². The van der Waals surface area contributed by atoms with Gasteiger partial charge in [-0.05, 0) is 31.2 Å². The Bertz CT molecular complexity index is 585. The Morgan fingerprint density at radius 3 is 2.58 bits per heavy atom. The van der Waals surface area contributed by atoms with Crippen molar-refractivity contribution in [3.63, 3.8) is 0 Å². The van der Waals surface area contributed by atoms with E-state index in [9.17, 15) is 14.7 Å². The van der Waals surface area contributed by atoms with Gasteiger partial charge >= 0.3 is 6.09 Å². The highest BCUT2D eigenvalue weighted by Crippen LogP contribution is 2.24. The molecule has 1 aromatic rings. The van der Waals surface area contributed by atoms with E-state index >= 15 is 0 Å². The van der Waals surface area contributed by atoms with Gasteiger partial charge in [0, 0.05) is 5.92 Å². The molecule has 6 nitrogen and oxygen atoms in total. The van der Waals surface area contributed by atoms with Crippen molar-refractivity contribution in [2.45, 2.75) is 50.8 Å². The number of hydrogen-bond donors (Lipinski definition) is 3. The van der Waals surface area contributed by atoms with Crippen LogP contribution in [-0.2, 0) is 16.0 Å². The average molecular weight is 360 g/mol. The van der Waals surface area contributed by atoms with E-state index < -0.39 is 18.4 Å². The van der Waals surface area contributed by atoms with Crippen LogP contribution in [0.25, 0.3) is 0 Å². The van der Waals surface area contributed by atoms with Gasteiger partial charge in [0.05, 0.1) is 6.10 Å². The summed E-state index contributed by atoms with van der Waals surface area (Å²) >= 11 is 0. The molecule has 0 spiro atoms. The van der Waals surface area contributed by atoms with Crippen molar-refractivity contribution in [2.75, 3.05) is 6.61 Å². The monoisotopic (exact) mass is 360 g/mol. The predicted molar refractivity (Wildman–Crippen MR) is 99.3 cm³/mol. The van der Waals surface area contributed by atoms with Crippen molar-refractivity contribution < 1.29 is 19.4 Å². The van der Waals surface area contributed by atoms with Crippen molar-refractivity contribution >= 4 is 12.0 Å². The second kappa shape index (κ2) is 10.6. The summed E-state index contributed by atoms with van der Waals surface area (Å²) in [6, 6.07) is 9.76. The zero-order valence-corrected chi connectivity index (χ0v) is 15.0. The molecule has 2 atom stereocenters. The molecule has 1 saturated carbocycles. The van der Waals surface area contributed by atoms with Gasteiger partial charge in [0.2, 0.25) is 5.91 Å². The van der Waals surface area contributed by atoms with Crippen molar-refractivity contribution in [1.82, 2.24) is 10.6 Å². The second-order valence-corrected chi connectivity index (χ2v) is 6.59. The molecule has 1 aliphatic rings. The molecule has 2 rings (SSSR count). The van der Waals surface area contributed by atoms with Crippen LogP contribution in [0, 0.1) is 5.92 Å². The highest BCUT2D eigenvalue weighted by molar-refractivity contribution is 5.80. The zero-order chi connectivity index (χ0) is 18.8. The van der Waals surface area contributed by atoms with Gasteiger partial charge in [0.15, 0.2) is 0 Å². The molecule has 1 aliphatic carbocycles. The van der Waals surface area contributed by atoms with Crippen molar-refractivity contribution in [3.8, 4) is 0 Å². The molecule has 0 bridgehead atoms. The summed E-state index contributed by atoms with van der Waals surface area (Å²) in [6.45, 7) is 3.55. The number of hydrogen-bond acceptors (Lipinski definition) is 4. The third-order valence-electron chi connectivity index (χ3n) is 4.59. The van der Waals surface area contributed by atoms with Gasteiger partial charge in [-0.2, -0.15) is 0 Å². The molecule has 26 heavy (non-hydrogen) atoms. The molecule has 0 aromatic heterocycles. The Balaban J connectivity index is 1.94. The van der Waals surface area contributed by atoms with E-state index in [0.717, 1.165) is 31.2 Å². The van der Waals surface area contributed by atoms with Crippen LogP contribution in [0.15, 0.2) is 43.0 Å². The van der Waals surface area contributed by atoms with Gasteiger partial charge in [0.25, 0.3) is 0 Å². The number of benzene rings is 1. The van der Waals surface area contributed by atoms with E-state index in [1.165, 1.54) is 6.08 Å². The number of aliphatic hydroxyl groups is 1. The van der Waals surface area contributed by atoms with E-state index in [2.05, 4.69) is 17.2 Å². The molecule has 0 saturated heterocycles. The SMILES string of the molecule is C=CCOC(=O)NC(NC(=O)C1CCCC1)[C@@H](O)CCc1ccccc1. The van der Waals surface area contributed by atoms with Gasteiger partial charge in [-0.3, -0.25) is 10.1 Å². The average Bonchev–Trinajstić information content (AvgIpc) is 3.19. The largest absolute Gasteiger partial charge is 0.445 e. The first kappa shape index (κ1) is 20.0. The normalized spacial score (nSPS) is 16.5. The van der Waals surface area contributed by atoms with Crippen molar-refractivity contribution in [3.05, 3.63) is 48.6 Å². The summed E-state index contributed by atoms with van der Waals surface area (Å²) in [5, 5.41) is 15.9. The lowest BCUT2D eigenvalue weighted by Gasteiger charge is -2.26. The quantitative estimate of drug-likeness (QED) is 0.466. The topological polar surface area (TPSA) is 87.7 Å². The minimum Gasteiger partial charge on any atom is -0.445 e. The molecule has 6 heteroatoms. The molecule has 0 aliphatic heterocycles. The third kappa shape index (κ3) is 6.52. The predicted octanol–water partition coefficient (Wildman–Crippen LogP) is 2.52. The first-order chi connectivity index (χ1) is 12.6. The summed E-state index contributed by atoms with van der Waals surface area (Å²) in [6.07, 6.45) is 3.77. The molecule has 2 amide bonds. The minimum atomic E-state index is -0.920. The Hall–Kier alpha value is -2.34. The van der Waals surface area contributed by atoms with Crippen molar-refractivity contribution in [2.24, 2.45) is 5.92 Å². The standard InChI is InChI=1S/C20H28N2O4/c1-2-14-26-20(25)22-18(21-19(24)16-10-6-7-11-16)17(23)13-12-15-8-4-3-5-9-15/h2-5,8-9,16-18,23H,1,6-7,10-14H2,(H,21,24)(H,22,25)/t17-,18?/m0/s1. The van der Waals surface area contributed by atoms with Gasteiger partial charge in [0.1, 0.15) is 12.8 Å². The lowest BCUT2D eigenvalue weighted by atomic mass is 10.0. The molecular formula is C20H28N2O4. The summed E-state index contributed by atoms with van der Waals surface area (Å²) in [4.78, 5) is 24.2. The fourth-order valence-corrected chi connectivity index (χ4v) is 3.12. The summed E-state index contributed by atoms with van der Waals surface area (Å²) in [7, 11) is 0. The number of nitrogens with one attached hydrogen (secondary N) is 2. The number of aryl methyl sites for hydroxylation is 1. The van der Waals surface area contributed by atoms with Crippen LogP contribution in [-0.4, -0.2) is 36.0 Å². The Morgan fingerprint density at radius 1 is 1.23 bits per heavy atom. The van der Waals surface area contributed by atoms with Crippen LogP contribution in [0.1, 0.15) is 37.7 Å². The summed E-state index contributed by atoms with van der Waals surface area (Å²) in [5.41, 5.74) is 1.08. The highest BCUT2D eigenvalue weighted by Gasteiger charge is 2.28. The van der Waals surface area contributed by atoms with Gasteiger partial charge in [-0.15, -0.1) is 0 Å². The van der Waals surface area contributed by atoms with Crippen LogP contribution >= 0.6 is 0 Å². The maximum absolute atomic E-state index is 12.4. The van der Waals surface area contributed by atoms with E-state index in [4.69, 9.17) is 4.74 Å². The van der Waals surface area contributed by atoms with E-state index in [1.54, 1.807) is 0 Å². The first-order valence-corrected chi connectivity index (χ1v) is 9.16. The molecular weight excluding hydrogens is 332 g/mol. The van der Waals surface area contributed by atoms with Crippen LogP contribution in [0.4, 0.5) is 4.79 Å². The number of ether oxygens (including phenoxy) is 1. The second-order valence-electron chi connectivity index (χ2n) is 6.59. The maximum Gasteiger partial charge on any atom is 0.409 e. The fraction of sp³-hybridized carbons (Fsp3) is 0.500. The number of carbonyl (C=O) groups is 2. The summed E-state index contributed by atoms with van der Waals surface area (Å²) < 4.78 is 4.91. The minimum absolute atomic E-state index is 0.0511. The Labute approximate surface area is 154 Å². The molecule has 3 N–H and O–H groups in total. The molecule has 1 aromatic carbocycles. The van der Waals surface area contributed by atoms with Gasteiger partial charge < -0.3 is 15.2 Å².